The largest absolute Gasteiger partial charge is 0.330 e. The summed E-state index contributed by atoms with van der Waals surface area (Å²) in [6.45, 7) is 1.61. The smallest absolute Gasteiger partial charge is 0.00773 e. The normalized spacial score (nSPS) is 8.25. The van der Waals surface area contributed by atoms with Crippen molar-refractivity contribution in [2.75, 3.05) is 13.1 Å². The molecule has 0 aromatic heterocycles. The molecule has 0 aliphatic carbocycles. The third-order valence-corrected chi connectivity index (χ3v) is 0.908. The zero-order valence-corrected chi connectivity index (χ0v) is 7.43. The second kappa shape index (κ2) is 10.6. The molecule has 0 aliphatic rings. The Balaban J connectivity index is 0. The van der Waals surface area contributed by atoms with Gasteiger partial charge in [0.05, 0.1) is 0 Å². The van der Waals surface area contributed by atoms with E-state index < -0.39 is 0 Å². The lowest BCUT2D eigenvalue weighted by molar-refractivity contribution is 0.695. The van der Waals surface area contributed by atoms with Crippen molar-refractivity contribution in [2.45, 2.75) is 19.3 Å². The molecule has 0 saturated carbocycles. The minimum Gasteiger partial charge on any atom is -0.330 e. The zero-order chi connectivity index (χ0) is 5.54. The summed E-state index contributed by atoms with van der Waals surface area (Å²) in [6, 6.07) is 0. The predicted molar refractivity (Wildman–Crippen MR) is 47.4 cm³/mol. The molecule has 3 heteroatoms. The van der Waals surface area contributed by atoms with Crippen molar-refractivity contribution >= 4 is 24.0 Å². The Morgan fingerprint density at radius 3 is 1.38 bits per heavy atom. The Labute approximate surface area is 68.0 Å². The van der Waals surface area contributed by atoms with Crippen LogP contribution in [0.4, 0.5) is 0 Å². The van der Waals surface area contributed by atoms with Crippen LogP contribution in [0.5, 0.6) is 0 Å². The molecule has 52 valence electrons. The Morgan fingerprint density at radius 1 is 0.750 bits per heavy atom. The second-order valence-corrected chi connectivity index (χ2v) is 1.64. The molecule has 0 bridgehead atoms. The lowest BCUT2D eigenvalue weighted by Crippen LogP contribution is -2.02. The molecule has 0 aromatic rings. The van der Waals surface area contributed by atoms with Gasteiger partial charge in [0.25, 0.3) is 0 Å². The summed E-state index contributed by atoms with van der Waals surface area (Å²) in [5.74, 6) is 0. The molecule has 0 spiro atoms. The van der Waals surface area contributed by atoms with Crippen molar-refractivity contribution in [3.8, 4) is 0 Å². The molecule has 0 radical (unpaired) electrons. The van der Waals surface area contributed by atoms with Crippen LogP contribution < -0.4 is 11.5 Å². The van der Waals surface area contributed by atoms with Gasteiger partial charge in [-0.15, -0.1) is 24.0 Å². The molecule has 2 nitrogen and oxygen atoms in total. The van der Waals surface area contributed by atoms with Crippen LogP contribution >= 0.6 is 24.0 Å². The fraction of sp³-hybridized carbons (Fsp3) is 1.00. The highest BCUT2D eigenvalue weighted by Gasteiger charge is 1.80. The molecule has 0 unspecified atom stereocenters. The number of hydrogen-bond acceptors (Lipinski definition) is 2. The van der Waals surface area contributed by atoms with Gasteiger partial charge < -0.3 is 11.5 Å². The highest BCUT2D eigenvalue weighted by Crippen LogP contribution is 1.88. The molecule has 4 N–H and O–H groups in total. The summed E-state index contributed by atoms with van der Waals surface area (Å²) in [5, 5.41) is 0. The molecule has 0 aliphatic heterocycles. The topological polar surface area (TPSA) is 52.0 Å². The third kappa shape index (κ3) is 9.82. The summed E-state index contributed by atoms with van der Waals surface area (Å²) in [7, 11) is 0. The number of unbranched alkanes of at least 4 members (excludes halogenated alkanes) is 2. The SMILES string of the molecule is I.NCCCCCN. The van der Waals surface area contributed by atoms with Crippen LogP contribution in [-0.4, -0.2) is 13.1 Å². The second-order valence-electron chi connectivity index (χ2n) is 1.64. The molecule has 0 saturated heterocycles. The molecule has 0 aromatic carbocycles. The first kappa shape index (κ1) is 11.4. The van der Waals surface area contributed by atoms with E-state index in [1.54, 1.807) is 0 Å². The summed E-state index contributed by atoms with van der Waals surface area (Å²) in [5.41, 5.74) is 10.5. The highest BCUT2D eigenvalue weighted by molar-refractivity contribution is 14.0. The molecule has 0 heterocycles. The van der Waals surface area contributed by atoms with Crippen LogP contribution in [0, 0.1) is 0 Å². The van der Waals surface area contributed by atoms with Crippen LogP contribution in [0.3, 0.4) is 0 Å². The molecular weight excluding hydrogens is 215 g/mol. The van der Waals surface area contributed by atoms with Crippen molar-refractivity contribution in [1.29, 1.82) is 0 Å². The average molecular weight is 230 g/mol. The van der Waals surface area contributed by atoms with Crippen LogP contribution in [0.2, 0.25) is 0 Å². The highest BCUT2D eigenvalue weighted by atomic mass is 127. The molecule has 0 rings (SSSR count). The maximum absolute atomic E-state index is 5.23. The number of rotatable bonds is 4. The van der Waals surface area contributed by atoms with Crippen LogP contribution in [0.1, 0.15) is 19.3 Å². The first-order valence-electron chi connectivity index (χ1n) is 2.82. The number of halogens is 1. The van der Waals surface area contributed by atoms with Gasteiger partial charge in [0.15, 0.2) is 0 Å². The van der Waals surface area contributed by atoms with E-state index >= 15 is 0 Å². The van der Waals surface area contributed by atoms with Crippen molar-refractivity contribution in [3.63, 3.8) is 0 Å². The Morgan fingerprint density at radius 2 is 1.12 bits per heavy atom. The van der Waals surface area contributed by atoms with Gasteiger partial charge in [-0.2, -0.15) is 0 Å². The molecule has 0 fully saturated rings. The number of nitrogens with two attached hydrogens (primary N) is 2. The quantitative estimate of drug-likeness (QED) is 0.551. The van der Waals surface area contributed by atoms with Crippen LogP contribution in [-0.2, 0) is 0 Å². The van der Waals surface area contributed by atoms with E-state index in [2.05, 4.69) is 0 Å². The first-order chi connectivity index (χ1) is 3.41. The van der Waals surface area contributed by atoms with Gasteiger partial charge in [0.2, 0.25) is 0 Å². The third-order valence-electron chi connectivity index (χ3n) is 0.908. The summed E-state index contributed by atoms with van der Waals surface area (Å²) >= 11 is 0. The van der Waals surface area contributed by atoms with Gasteiger partial charge in [-0.25, -0.2) is 0 Å². The Hall–Kier alpha value is 0.650. The minimum absolute atomic E-state index is 0. The lowest BCUT2D eigenvalue weighted by atomic mass is 10.2. The van der Waals surface area contributed by atoms with Gasteiger partial charge in [-0.3, -0.25) is 0 Å². The van der Waals surface area contributed by atoms with Crippen molar-refractivity contribution < 1.29 is 0 Å². The van der Waals surface area contributed by atoms with Crippen molar-refractivity contribution in [3.05, 3.63) is 0 Å². The molecule has 0 amide bonds. The fourth-order valence-electron chi connectivity index (χ4n) is 0.465. The van der Waals surface area contributed by atoms with Crippen LogP contribution in [0.25, 0.3) is 0 Å². The van der Waals surface area contributed by atoms with Gasteiger partial charge in [0, 0.05) is 0 Å². The summed E-state index contributed by atoms with van der Waals surface area (Å²) in [6.07, 6.45) is 3.43. The summed E-state index contributed by atoms with van der Waals surface area (Å²) < 4.78 is 0. The Kier molecular flexibility index (Phi) is 15.2. The standard InChI is InChI=1S/C5H14N2.HI/c6-4-2-1-3-5-7;/h1-7H2;1H. The minimum atomic E-state index is 0. The van der Waals surface area contributed by atoms with E-state index in [-0.39, 0.29) is 24.0 Å². The van der Waals surface area contributed by atoms with Crippen LogP contribution in [0.15, 0.2) is 0 Å². The van der Waals surface area contributed by atoms with Gasteiger partial charge >= 0.3 is 0 Å². The summed E-state index contributed by atoms with van der Waals surface area (Å²) in [4.78, 5) is 0. The number of hydrogen-bond donors (Lipinski definition) is 2. The van der Waals surface area contributed by atoms with Crippen molar-refractivity contribution in [2.24, 2.45) is 11.5 Å². The van der Waals surface area contributed by atoms with E-state index in [0.29, 0.717) is 0 Å². The molecule has 0 atom stereocenters. The van der Waals surface area contributed by atoms with E-state index in [4.69, 9.17) is 11.5 Å². The zero-order valence-electron chi connectivity index (χ0n) is 5.10. The molecule has 8 heavy (non-hydrogen) atoms. The predicted octanol–water partition coefficient (Wildman–Crippen LogP) is 0.692. The lowest BCUT2D eigenvalue weighted by Gasteiger charge is -1.91. The maximum atomic E-state index is 5.23. The monoisotopic (exact) mass is 230 g/mol. The maximum Gasteiger partial charge on any atom is -0.00773 e. The van der Waals surface area contributed by atoms with E-state index in [1.165, 1.54) is 6.42 Å². The van der Waals surface area contributed by atoms with E-state index in [9.17, 15) is 0 Å². The van der Waals surface area contributed by atoms with E-state index in [1.807, 2.05) is 0 Å². The van der Waals surface area contributed by atoms with Gasteiger partial charge in [-0.05, 0) is 25.9 Å². The Bertz CT molecular complexity index is 29.6. The van der Waals surface area contributed by atoms with Gasteiger partial charge in [-0.1, -0.05) is 6.42 Å². The first-order valence-corrected chi connectivity index (χ1v) is 2.82. The average Bonchev–Trinajstić information content (AvgIpc) is 1.69. The van der Waals surface area contributed by atoms with E-state index in [0.717, 1.165) is 25.9 Å². The fourth-order valence-corrected chi connectivity index (χ4v) is 0.465. The molecular formula is C5H15IN2. The van der Waals surface area contributed by atoms with Gasteiger partial charge in [0.1, 0.15) is 0 Å². The van der Waals surface area contributed by atoms with Crippen molar-refractivity contribution in [1.82, 2.24) is 0 Å².